The number of nitrogens with one attached hydrogen (secondary N) is 1. The van der Waals surface area contributed by atoms with Gasteiger partial charge in [0.15, 0.2) is 5.78 Å². The summed E-state index contributed by atoms with van der Waals surface area (Å²) < 4.78 is 1.16. The molecule has 1 atom stereocenters. The summed E-state index contributed by atoms with van der Waals surface area (Å²) in [6, 6.07) is 14.0. The summed E-state index contributed by atoms with van der Waals surface area (Å²) in [6.07, 6.45) is -0.859. The van der Waals surface area contributed by atoms with Crippen LogP contribution in [0.25, 0.3) is 22.4 Å². The molecule has 168 valence electrons. The Bertz CT molecular complexity index is 1160. The third-order valence-electron chi connectivity index (χ3n) is 4.90. The molecule has 0 radical (unpaired) electrons. The van der Waals surface area contributed by atoms with Gasteiger partial charge in [-0.25, -0.2) is 4.68 Å². The number of ketones is 1. The van der Waals surface area contributed by atoms with E-state index in [1.54, 1.807) is 48.5 Å². The van der Waals surface area contributed by atoms with E-state index in [2.05, 4.69) is 10.4 Å². The van der Waals surface area contributed by atoms with Gasteiger partial charge in [0.2, 0.25) is 0 Å². The first-order valence-electron chi connectivity index (χ1n) is 10.3. The number of Topliss-reactive ketones (excluding diaryl/α,β-unsaturated/α-hetero) is 1. The van der Waals surface area contributed by atoms with Crippen molar-refractivity contribution in [3.63, 3.8) is 0 Å². The van der Waals surface area contributed by atoms with Gasteiger partial charge < -0.3 is 10.4 Å². The molecule has 0 aliphatic rings. The predicted molar refractivity (Wildman–Crippen MR) is 129 cm³/mol. The summed E-state index contributed by atoms with van der Waals surface area (Å²) in [5, 5.41) is 19.2. The molecule has 2 N–H and O–H groups in total. The summed E-state index contributed by atoms with van der Waals surface area (Å²) in [5.41, 5.74) is 1.65. The van der Waals surface area contributed by atoms with Crippen LogP contribution in [-0.4, -0.2) is 39.4 Å². The third kappa shape index (κ3) is 5.64. The van der Waals surface area contributed by atoms with Gasteiger partial charge in [0, 0.05) is 33.8 Å². The summed E-state index contributed by atoms with van der Waals surface area (Å²) >= 11 is 12.1. The monoisotopic (exact) mass is 473 g/mol. The van der Waals surface area contributed by atoms with Crippen molar-refractivity contribution in [2.24, 2.45) is 0 Å². The highest BCUT2D eigenvalue weighted by Gasteiger charge is 2.24. The van der Waals surface area contributed by atoms with Crippen molar-refractivity contribution in [3.05, 3.63) is 74.5 Å². The standard InChI is InChI=1S/C24H25Cl2N3O3/c1-14(2)27-12-20(31)13-29-24(32)21(15(3)30)22(16-4-8-18(25)9-5-16)23(28-29)17-6-10-19(26)11-7-17/h4-11,14,20,27,31H,12-13H2,1-3H3. The maximum Gasteiger partial charge on any atom is 0.278 e. The largest absolute Gasteiger partial charge is 0.390 e. The van der Waals surface area contributed by atoms with Gasteiger partial charge in [-0.15, -0.1) is 0 Å². The Hall–Kier alpha value is -2.51. The number of aliphatic hydroxyl groups is 1. The van der Waals surface area contributed by atoms with Crippen molar-refractivity contribution >= 4 is 29.0 Å². The normalized spacial score (nSPS) is 12.2. The molecule has 2 aromatic carbocycles. The number of nitrogens with zero attached hydrogens (tertiary/aromatic N) is 2. The second-order valence-corrected chi connectivity index (χ2v) is 8.75. The molecule has 6 nitrogen and oxygen atoms in total. The molecular formula is C24H25Cl2N3O3. The van der Waals surface area contributed by atoms with Crippen LogP contribution in [0.2, 0.25) is 10.0 Å². The zero-order chi connectivity index (χ0) is 23.4. The van der Waals surface area contributed by atoms with Gasteiger partial charge in [0.1, 0.15) is 0 Å². The van der Waals surface area contributed by atoms with E-state index in [0.29, 0.717) is 32.4 Å². The van der Waals surface area contributed by atoms with E-state index in [9.17, 15) is 14.7 Å². The molecule has 1 unspecified atom stereocenters. The van der Waals surface area contributed by atoms with Gasteiger partial charge in [-0.2, -0.15) is 5.10 Å². The zero-order valence-electron chi connectivity index (χ0n) is 18.1. The Kier molecular flexibility index (Phi) is 7.85. The first-order valence-corrected chi connectivity index (χ1v) is 11.0. The smallest absolute Gasteiger partial charge is 0.278 e. The maximum absolute atomic E-state index is 13.3. The van der Waals surface area contributed by atoms with Crippen molar-refractivity contribution in [1.29, 1.82) is 0 Å². The first-order chi connectivity index (χ1) is 15.2. The van der Waals surface area contributed by atoms with Gasteiger partial charge >= 0.3 is 0 Å². The Morgan fingerprint density at radius 2 is 1.56 bits per heavy atom. The molecule has 0 spiro atoms. The molecule has 1 heterocycles. The number of hydrogen-bond acceptors (Lipinski definition) is 5. The van der Waals surface area contributed by atoms with E-state index in [-0.39, 0.29) is 30.5 Å². The summed E-state index contributed by atoms with van der Waals surface area (Å²) in [5.74, 6) is -0.388. The average Bonchev–Trinajstić information content (AvgIpc) is 2.74. The average molecular weight is 474 g/mol. The van der Waals surface area contributed by atoms with Crippen LogP contribution in [0, 0.1) is 0 Å². The Morgan fingerprint density at radius 3 is 2.06 bits per heavy atom. The highest BCUT2D eigenvalue weighted by molar-refractivity contribution is 6.31. The molecule has 3 rings (SSSR count). The minimum absolute atomic E-state index is 0.0105. The fourth-order valence-electron chi connectivity index (χ4n) is 3.36. The van der Waals surface area contributed by atoms with Gasteiger partial charge in [-0.3, -0.25) is 9.59 Å². The molecule has 0 bridgehead atoms. The van der Waals surface area contributed by atoms with Crippen LogP contribution >= 0.6 is 23.2 Å². The topological polar surface area (TPSA) is 84.2 Å². The summed E-state index contributed by atoms with van der Waals surface area (Å²) in [7, 11) is 0. The molecule has 0 saturated carbocycles. The van der Waals surface area contributed by atoms with Crippen LogP contribution < -0.4 is 10.9 Å². The van der Waals surface area contributed by atoms with Crippen LogP contribution in [0.5, 0.6) is 0 Å². The lowest BCUT2D eigenvalue weighted by Gasteiger charge is -2.19. The Labute approximate surface area is 196 Å². The maximum atomic E-state index is 13.3. The van der Waals surface area contributed by atoms with Crippen molar-refractivity contribution < 1.29 is 9.90 Å². The van der Waals surface area contributed by atoms with Gasteiger partial charge in [-0.05, 0) is 36.8 Å². The zero-order valence-corrected chi connectivity index (χ0v) is 19.6. The van der Waals surface area contributed by atoms with E-state index in [1.165, 1.54) is 6.92 Å². The number of halogens is 2. The van der Waals surface area contributed by atoms with Crippen molar-refractivity contribution in [2.45, 2.75) is 39.5 Å². The number of benzene rings is 2. The van der Waals surface area contributed by atoms with E-state index in [4.69, 9.17) is 23.2 Å². The lowest BCUT2D eigenvalue weighted by Crippen LogP contribution is -2.39. The molecule has 0 aliphatic heterocycles. The first kappa shape index (κ1) is 24.1. The minimum atomic E-state index is -0.859. The highest BCUT2D eigenvalue weighted by Crippen LogP contribution is 2.33. The van der Waals surface area contributed by atoms with Crippen molar-refractivity contribution in [2.75, 3.05) is 6.54 Å². The quantitative estimate of drug-likeness (QED) is 0.472. The fourth-order valence-corrected chi connectivity index (χ4v) is 3.62. The highest BCUT2D eigenvalue weighted by atomic mass is 35.5. The summed E-state index contributed by atoms with van der Waals surface area (Å²) in [4.78, 5) is 25.9. The molecule has 0 saturated heterocycles. The SMILES string of the molecule is CC(=O)c1c(-c2ccc(Cl)cc2)c(-c2ccc(Cl)cc2)nn(CC(O)CNC(C)C)c1=O. The number of aromatic nitrogens is 2. The predicted octanol–water partition coefficient (Wildman–Crippen LogP) is 4.45. The lowest BCUT2D eigenvalue weighted by molar-refractivity contribution is 0.101. The number of hydrogen-bond donors (Lipinski definition) is 2. The molecule has 32 heavy (non-hydrogen) atoms. The van der Waals surface area contributed by atoms with Gasteiger partial charge in [-0.1, -0.05) is 61.3 Å². The molecular weight excluding hydrogens is 449 g/mol. The Balaban J connectivity index is 2.24. The van der Waals surface area contributed by atoms with Crippen LogP contribution in [0.3, 0.4) is 0 Å². The number of carbonyl (C=O) groups excluding carboxylic acids is 1. The number of rotatable bonds is 8. The number of carbonyl (C=O) groups is 1. The van der Waals surface area contributed by atoms with Crippen LogP contribution in [0.4, 0.5) is 0 Å². The van der Waals surface area contributed by atoms with E-state index >= 15 is 0 Å². The molecule has 0 fully saturated rings. The van der Waals surface area contributed by atoms with Crippen molar-refractivity contribution in [3.8, 4) is 22.4 Å². The molecule has 8 heteroatoms. The number of aliphatic hydroxyl groups excluding tert-OH is 1. The van der Waals surface area contributed by atoms with Crippen molar-refractivity contribution in [1.82, 2.24) is 15.1 Å². The molecule has 1 aromatic heterocycles. The van der Waals surface area contributed by atoms with Gasteiger partial charge in [0.25, 0.3) is 5.56 Å². The lowest BCUT2D eigenvalue weighted by atomic mass is 9.94. The second-order valence-electron chi connectivity index (χ2n) is 7.87. The summed E-state index contributed by atoms with van der Waals surface area (Å²) in [6.45, 7) is 5.51. The fraction of sp³-hybridized carbons (Fsp3) is 0.292. The van der Waals surface area contributed by atoms with E-state index < -0.39 is 11.7 Å². The molecule has 3 aromatic rings. The van der Waals surface area contributed by atoms with E-state index in [0.717, 1.165) is 4.68 Å². The van der Waals surface area contributed by atoms with Gasteiger partial charge in [0.05, 0.1) is 23.9 Å². The van der Waals surface area contributed by atoms with Crippen LogP contribution in [-0.2, 0) is 6.54 Å². The molecule has 0 amide bonds. The molecule has 0 aliphatic carbocycles. The van der Waals surface area contributed by atoms with Crippen LogP contribution in [0.1, 0.15) is 31.1 Å². The van der Waals surface area contributed by atoms with Crippen LogP contribution in [0.15, 0.2) is 53.3 Å². The minimum Gasteiger partial charge on any atom is -0.390 e. The van der Waals surface area contributed by atoms with E-state index in [1.807, 2.05) is 13.8 Å². The third-order valence-corrected chi connectivity index (χ3v) is 5.41. The Morgan fingerprint density at radius 1 is 1.03 bits per heavy atom. The second kappa shape index (κ2) is 10.4.